The fourth-order valence-electron chi connectivity index (χ4n) is 2.98. The molecule has 1 aliphatic carbocycles. The van der Waals surface area contributed by atoms with Crippen LogP contribution in [-0.4, -0.2) is 36.0 Å². The lowest BCUT2D eigenvalue weighted by Crippen LogP contribution is -2.46. The molecule has 2 N–H and O–H groups in total. The number of benzene rings is 1. The number of allylic oxidation sites excluding steroid dienone is 1. The first kappa shape index (κ1) is 18.9. The zero-order valence-electron chi connectivity index (χ0n) is 16.0. The molecule has 0 bridgehead atoms. The number of rotatable bonds is 5. The molecule has 7 heteroatoms. The van der Waals surface area contributed by atoms with Gasteiger partial charge in [-0.15, -0.1) is 0 Å². The second-order valence-electron chi connectivity index (χ2n) is 7.28. The van der Waals surface area contributed by atoms with E-state index in [9.17, 15) is 14.4 Å². The Kier molecular flexibility index (Phi) is 5.21. The predicted molar refractivity (Wildman–Crippen MR) is 101 cm³/mol. The van der Waals surface area contributed by atoms with E-state index in [-0.39, 0.29) is 24.0 Å². The molecule has 1 aromatic rings. The maximum absolute atomic E-state index is 12.6. The fourth-order valence-corrected chi connectivity index (χ4v) is 2.98. The monoisotopic (exact) mass is 371 g/mol. The van der Waals surface area contributed by atoms with Gasteiger partial charge in [0, 0.05) is 24.4 Å². The maximum Gasteiger partial charge on any atom is 0.338 e. The summed E-state index contributed by atoms with van der Waals surface area (Å²) in [6, 6.07) is 6.27. The van der Waals surface area contributed by atoms with Crippen LogP contribution in [-0.2, 0) is 14.3 Å². The van der Waals surface area contributed by atoms with Crippen LogP contribution in [0.15, 0.2) is 35.5 Å². The van der Waals surface area contributed by atoms with Gasteiger partial charge in [-0.05, 0) is 51.3 Å². The molecule has 0 radical (unpaired) electrons. The first-order valence-electron chi connectivity index (χ1n) is 9.14. The van der Waals surface area contributed by atoms with Crippen LogP contribution in [0.25, 0.3) is 0 Å². The van der Waals surface area contributed by atoms with Crippen molar-refractivity contribution in [1.29, 1.82) is 0 Å². The van der Waals surface area contributed by atoms with Crippen molar-refractivity contribution < 1.29 is 19.1 Å². The summed E-state index contributed by atoms with van der Waals surface area (Å²) in [4.78, 5) is 38.2. The first-order valence-corrected chi connectivity index (χ1v) is 9.14. The molecule has 2 aliphatic rings. The molecule has 144 valence electrons. The molecule has 3 rings (SSSR count). The number of hydrogen-bond donors (Lipinski definition) is 2. The summed E-state index contributed by atoms with van der Waals surface area (Å²) in [6.45, 7) is 5.30. The first-order chi connectivity index (χ1) is 12.8. The van der Waals surface area contributed by atoms with E-state index in [0.717, 1.165) is 18.4 Å². The Morgan fingerprint density at radius 2 is 1.85 bits per heavy atom. The Balaban J connectivity index is 1.86. The second-order valence-corrected chi connectivity index (χ2v) is 7.28. The summed E-state index contributed by atoms with van der Waals surface area (Å²) >= 11 is 0. The number of ether oxygens (including phenoxy) is 1. The third-order valence-electron chi connectivity index (χ3n) is 4.78. The average Bonchev–Trinajstić information content (AvgIpc) is 3.44. The van der Waals surface area contributed by atoms with E-state index in [1.807, 2.05) is 0 Å². The summed E-state index contributed by atoms with van der Waals surface area (Å²) < 4.78 is 5.37. The lowest BCUT2D eigenvalue weighted by molar-refractivity contribution is -0.143. The van der Waals surface area contributed by atoms with Crippen molar-refractivity contribution in [2.75, 3.05) is 12.4 Å². The SMILES string of the molecule is CC1=C(C(=O)OC(C)C)[C@H](c2ccc(NC(=O)C3CC3)cc2)NC(=O)N1C. The Morgan fingerprint density at radius 1 is 1.22 bits per heavy atom. The molecule has 3 amide bonds. The van der Waals surface area contributed by atoms with Gasteiger partial charge in [-0.2, -0.15) is 0 Å². The number of amides is 3. The van der Waals surface area contributed by atoms with E-state index in [2.05, 4.69) is 10.6 Å². The summed E-state index contributed by atoms with van der Waals surface area (Å²) in [6.07, 6.45) is 1.62. The molecule has 1 saturated carbocycles. The minimum atomic E-state index is -0.604. The van der Waals surface area contributed by atoms with Crippen LogP contribution in [0.2, 0.25) is 0 Å². The van der Waals surface area contributed by atoms with Crippen LogP contribution >= 0.6 is 0 Å². The van der Waals surface area contributed by atoms with Crippen LogP contribution in [0.3, 0.4) is 0 Å². The number of carbonyl (C=O) groups is 3. The normalized spacial score (nSPS) is 19.8. The Labute approximate surface area is 158 Å². The summed E-state index contributed by atoms with van der Waals surface area (Å²) in [5.41, 5.74) is 2.40. The lowest BCUT2D eigenvalue weighted by Gasteiger charge is -2.33. The largest absolute Gasteiger partial charge is 0.459 e. The summed E-state index contributed by atoms with van der Waals surface area (Å²) in [5.74, 6) is -0.293. The number of hydrogen-bond acceptors (Lipinski definition) is 4. The molecule has 1 aliphatic heterocycles. The molecule has 1 fully saturated rings. The number of anilines is 1. The van der Waals surface area contributed by atoms with Crippen molar-refractivity contribution in [2.24, 2.45) is 5.92 Å². The third-order valence-corrected chi connectivity index (χ3v) is 4.78. The molecule has 7 nitrogen and oxygen atoms in total. The van der Waals surface area contributed by atoms with Crippen molar-refractivity contribution in [2.45, 2.75) is 45.8 Å². The molecule has 0 unspecified atom stereocenters. The van der Waals surface area contributed by atoms with Crippen molar-refractivity contribution in [3.8, 4) is 0 Å². The van der Waals surface area contributed by atoms with Crippen LogP contribution in [0, 0.1) is 5.92 Å². The van der Waals surface area contributed by atoms with Gasteiger partial charge < -0.3 is 20.3 Å². The maximum atomic E-state index is 12.6. The highest BCUT2D eigenvalue weighted by molar-refractivity contribution is 5.95. The lowest BCUT2D eigenvalue weighted by atomic mass is 9.95. The Hall–Kier alpha value is -2.83. The average molecular weight is 371 g/mol. The van der Waals surface area contributed by atoms with E-state index in [0.29, 0.717) is 17.0 Å². The van der Waals surface area contributed by atoms with Crippen LogP contribution in [0.1, 0.15) is 45.2 Å². The van der Waals surface area contributed by atoms with Crippen LogP contribution < -0.4 is 10.6 Å². The summed E-state index contributed by atoms with van der Waals surface area (Å²) in [7, 11) is 1.61. The third kappa shape index (κ3) is 4.13. The number of nitrogens with one attached hydrogen (secondary N) is 2. The predicted octanol–water partition coefficient (Wildman–Crippen LogP) is 2.96. The van der Waals surface area contributed by atoms with E-state index >= 15 is 0 Å². The van der Waals surface area contributed by atoms with Gasteiger partial charge in [0.1, 0.15) is 0 Å². The van der Waals surface area contributed by atoms with Gasteiger partial charge in [0.25, 0.3) is 0 Å². The molecule has 0 spiro atoms. The van der Waals surface area contributed by atoms with Gasteiger partial charge in [0.05, 0.1) is 17.7 Å². The van der Waals surface area contributed by atoms with Gasteiger partial charge in [0.15, 0.2) is 0 Å². The highest BCUT2D eigenvalue weighted by atomic mass is 16.5. The van der Waals surface area contributed by atoms with Gasteiger partial charge in [-0.25, -0.2) is 9.59 Å². The molecule has 0 aromatic heterocycles. The Morgan fingerprint density at radius 3 is 2.41 bits per heavy atom. The van der Waals surface area contributed by atoms with Gasteiger partial charge >= 0.3 is 12.0 Å². The van der Waals surface area contributed by atoms with Gasteiger partial charge in [-0.3, -0.25) is 4.79 Å². The van der Waals surface area contributed by atoms with E-state index in [1.165, 1.54) is 4.90 Å². The van der Waals surface area contributed by atoms with Crippen LogP contribution in [0.5, 0.6) is 0 Å². The number of nitrogens with zero attached hydrogens (tertiary/aromatic N) is 1. The van der Waals surface area contributed by atoms with Crippen molar-refractivity contribution in [3.63, 3.8) is 0 Å². The molecule has 0 saturated heterocycles. The minimum Gasteiger partial charge on any atom is -0.459 e. The van der Waals surface area contributed by atoms with E-state index in [4.69, 9.17) is 4.74 Å². The van der Waals surface area contributed by atoms with Gasteiger partial charge in [-0.1, -0.05) is 12.1 Å². The van der Waals surface area contributed by atoms with Crippen molar-refractivity contribution in [1.82, 2.24) is 10.2 Å². The molecule has 1 heterocycles. The van der Waals surface area contributed by atoms with Crippen LogP contribution in [0.4, 0.5) is 10.5 Å². The Bertz CT molecular complexity index is 794. The highest BCUT2D eigenvalue weighted by Crippen LogP contribution is 2.33. The number of urea groups is 1. The van der Waals surface area contributed by atoms with Crippen molar-refractivity contribution >= 4 is 23.6 Å². The standard InChI is InChI=1S/C20H25N3O4/c1-11(2)27-19(25)16-12(3)23(4)20(26)22-17(16)13-7-9-15(10-8-13)21-18(24)14-5-6-14/h7-11,14,17H,5-6H2,1-4H3,(H,21,24)(H,22,26)/t17-/m0/s1. The number of esters is 1. The molecular formula is C20H25N3O4. The smallest absolute Gasteiger partial charge is 0.338 e. The second kappa shape index (κ2) is 7.42. The highest BCUT2D eigenvalue weighted by Gasteiger charge is 2.35. The zero-order valence-corrected chi connectivity index (χ0v) is 16.0. The van der Waals surface area contributed by atoms with Gasteiger partial charge in [0.2, 0.25) is 5.91 Å². The zero-order chi connectivity index (χ0) is 19.7. The topological polar surface area (TPSA) is 87.7 Å². The molecule has 1 atom stereocenters. The molecular weight excluding hydrogens is 346 g/mol. The van der Waals surface area contributed by atoms with Crippen molar-refractivity contribution in [3.05, 3.63) is 41.1 Å². The molecule has 1 aromatic carbocycles. The van der Waals surface area contributed by atoms with E-state index < -0.39 is 12.0 Å². The molecule has 27 heavy (non-hydrogen) atoms. The summed E-state index contributed by atoms with van der Waals surface area (Å²) in [5, 5.41) is 5.73. The van der Waals surface area contributed by atoms with E-state index in [1.54, 1.807) is 52.1 Å². The minimum absolute atomic E-state index is 0.0345. The fraction of sp³-hybridized carbons (Fsp3) is 0.450. The number of carbonyl (C=O) groups excluding carboxylic acids is 3. The quantitative estimate of drug-likeness (QED) is 0.779.